The standard InChI is InChI=1S/C15H27NO3/c1-6-7-11-18-15(5)9-8-10-16(12-15)13(17)19-14(2,3)4/h6-7H,8-12H2,1-5H3/b7-6+. The molecule has 1 atom stereocenters. The fraction of sp³-hybridized carbons (Fsp3) is 0.800. The topological polar surface area (TPSA) is 38.8 Å². The van der Waals surface area contributed by atoms with Gasteiger partial charge in [0, 0.05) is 6.54 Å². The maximum atomic E-state index is 12.1. The Balaban J connectivity index is 2.55. The Kier molecular flexibility index (Phi) is 5.41. The maximum Gasteiger partial charge on any atom is 0.410 e. The Morgan fingerprint density at radius 3 is 2.68 bits per heavy atom. The number of allylic oxidation sites excluding steroid dienone is 1. The molecule has 0 spiro atoms. The molecule has 1 aliphatic rings. The summed E-state index contributed by atoms with van der Waals surface area (Å²) in [6.45, 7) is 11.6. The number of ether oxygens (including phenoxy) is 2. The molecular weight excluding hydrogens is 242 g/mol. The molecule has 1 saturated heterocycles. The van der Waals surface area contributed by atoms with Crippen molar-refractivity contribution in [2.75, 3.05) is 19.7 Å². The van der Waals surface area contributed by atoms with E-state index >= 15 is 0 Å². The fourth-order valence-electron chi connectivity index (χ4n) is 2.15. The first kappa shape index (κ1) is 16.0. The number of carbonyl (C=O) groups excluding carboxylic acids is 1. The molecular formula is C15H27NO3. The predicted molar refractivity (Wildman–Crippen MR) is 76.2 cm³/mol. The van der Waals surface area contributed by atoms with Gasteiger partial charge in [0.25, 0.3) is 0 Å². The first-order valence-electron chi connectivity index (χ1n) is 6.99. The third kappa shape index (κ3) is 5.64. The summed E-state index contributed by atoms with van der Waals surface area (Å²) < 4.78 is 11.3. The minimum absolute atomic E-state index is 0.243. The molecule has 110 valence electrons. The van der Waals surface area contributed by atoms with Gasteiger partial charge in [0.1, 0.15) is 5.60 Å². The predicted octanol–water partition coefficient (Wildman–Crippen LogP) is 3.37. The van der Waals surface area contributed by atoms with Crippen LogP contribution in [-0.4, -0.2) is 41.9 Å². The average Bonchev–Trinajstić information content (AvgIpc) is 2.27. The van der Waals surface area contributed by atoms with Crippen LogP contribution in [0.25, 0.3) is 0 Å². The highest BCUT2D eigenvalue weighted by Gasteiger charge is 2.35. The molecule has 0 aromatic rings. The summed E-state index contributed by atoms with van der Waals surface area (Å²) in [7, 11) is 0. The van der Waals surface area contributed by atoms with Gasteiger partial charge in [-0.1, -0.05) is 12.2 Å². The monoisotopic (exact) mass is 269 g/mol. The average molecular weight is 269 g/mol. The third-order valence-corrected chi connectivity index (χ3v) is 3.07. The van der Waals surface area contributed by atoms with E-state index in [0.29, 0.717) is 13.2 Å². The van der Waals surface area contributed by atoms with Crippen LogP contribution in [0.2, 0.25) is 0 Å². The minimum atomic E-state index is -0.448. The van der Waals surface area contributed by atoms with Gasteiger partial charge in [-0.15, -0.1) is 0 Å². The third-order valence-electron chi connectivity index (χ3n) is 3.07. The zero-order valence-electron chi connectivity index (χ0n) is 12.9. The number of amides is 1. The number of hydrogen-bond acceptors (Lipinski definition) is 3. The van der Waals surface area contributed by atoms with Crippen LogP contribution in [0.15, 0.2) is 12.2 Å². The van der Waals surface area contributed by atoms with Crippen molar-refractivity contribution in [3.8, 4) is 0 Å². The van der Waals surface area contributed by atoms with E-state index in [4.69, 9.17) is 9.47 Å². The second-order valence-corrected chi connectivity index (χ2v) is 6.34. The Bertz CT molecular complexity index is 333. The van der Waals surface area contributed by atoms with Crippen molar-refractivity contribution >= 4 is 6.09 Å². The number of likely N-dealkylation sites (tertiary alicyclic amines) is 1. The molecule has 0 radical (unpaired) electrons. The van der Waals surface area contributed by atoms with Gasteiger partial charge in [0.15, 0.2) is 0 Å². The molecule has 0 N–H and O–H groups in total. The molecule has 1 fully saturated rings. The molecule has 1 amide bonds. The molecule has 0 aromatic carbocycles. The van der Waals surface area contributed by atoms with Crippen LogP contribution in [0.3, 0.4) is 0 Å². The summed E-state index contributed by atoms with van der Waals surface area (Å²) in [5.74, 6) is 0. The summed E-state index contributed by atoms with van der Waals surface area (Å²) in [4.78, 5) is 13.8. The van der Waals surface area contributed by atoms with Gasteiger partial charge >= 0.3 is 6.09 Å². The van der Waals surface area contributed by atoms with E-state index in [1.165, 1.54) is 0 Å². The van der Waals surface area contributed by atoms with Crippen molar-refractivity contribution < 1.29 is 14.3 Å². The minimum Gasteiger partial charge on any atom is -0.444 e. The zero-order chi connectivity index (χ0) is 14.5. The molecule has 1 aliphatic heterocycles. The number of hydrogen-bond donors (Lipinski definition) is 0. The lowest BCUT2D eigenvalue weighted by Gasteiger charge is -2.40. The van der Waals surface area contributed by atoms with Crippen molar-refractivity contribution in [2.45, 2.75) is 58.7 Å². The molecule has 1 rings (SSSR count). The maximum absolute atomic E-state index is 12.1. The van der Waals surface area contributed by atoms with Crippen LogP contribution >= 0.6 is 0 Å². The van der Waals surface area contributed by atoms with Crippen molar-refractivity contribution in [3.63, 3.8) is 0 Å². The van der Waals surface area contributed by atoms with Gasteiger partial charge in [-0.05, 0) is 47.5 Å². The lowest BCUT2D eigenvalue weighted by atomic mass is 9.95. The van der Waals surface area contributed by atoms with Gasteiger partial charge in [-0.2, -0.15) is 0 Å². The summed E-state index contributed by atoms with van der Waals surface area (Å²) >= 11 is 0. The lowest BCUT2D eigenvalue weighted by molar-refractivity contribution is -0.0701. The second kappa shape index (κ2) is 6.42. The van der Waals surface area contributed by atoms with E-state index < -0.39 is 5.60 Å². The molecule has 1 heterocycles. The Hall–Kier alpha value is -1.03. The largest absolute Gasteiger partial charge is 0.444 e. The van der Waals surface area contributed by atoms with E-state index in [-0.39, 0.29) is 11.7 Å². The van der Waals surface area contributed by atoms with Crippen LogP contribution in [0.1, 0.15) is 47.5 Å². The van der Waals surface area contributed by atoms with E-state index in [0.717, 1.165) is 19.4 Å². The summed E-state index contributed by atoms with van der Waals surface area (Å²) in [6.07, 6.45) is 5.64. The van der Waals surface area contributed by atoms with E-state index in [1.54, 1.807) is 4.90 Å². The van der Waals surface area contributed by atoms with Crippen molar-refractivity contribution in [1.29, 1.82) is 0 Å². The molecule has 0 aliphatic carbocycles. The van der Waals surface area contributed by atoms with E-state index in [9.17, 15) is 4.79 Å². The quantitative estimate of drug-likeness (QED) is 0.737. The fourth-order valence-corrected chi connectivity index (χ4v) is 2.15. The van der Waals surface area contributed by atoms with Gasteiger partial charge in [0.05, 0.1) is 18.8 Å². The van der Waals surface area contributed by atoms with Crippen LogP contribution in [0.5, 0.6) is 0 Å². The van der Waals surface area contributed by atoms with Crippen LogP contribution < -0.4 is 0 Å². The van der Waals surface area contributed by atoms with Gasteiger partial charge in [0.2, 0.25) is 0 Å². The first-order valence-corrected chi connectivity index (χ1v) is 6.99. The molecule has 1 unspecified atom stereocenters. The molecule has 4 heteroatoms. The summed E-state index contributed by atoms with van der Waals surface area (Å²) in [5, 5.41) is 0. The molecule has 0 bridgehead atoms. The Morgan fingerprint density at radius 2 is 2.11 bits per heavy atom. The molecule has 0 saturated carbocycles. The van der Waals surface area contributed by atoms with Crippen LogP contribution in [0.4, 0.5) is 4.79 Å². The van der Waals surface area contributed by atoms with E-state index in [1.807, 2.05) is 39.8 Å². The van der Waals surface area contributed by atoms with Crippen molar-refractivity contribution in [2.24, 2.45) is 0 Å². The van der Waals surface area contributed by atoms with Crippen LogP contribution in [-0.2, 0) is 9.47 Å². The van der Waals surface area contributed by atoms with Crippen LogP contribution in [0, 0.1) is 0 Å². The first-order chi connectivity index (χ1) is 8.76. The highest BCUT2D eigenvalue weighted by molar-refractivity contribution is 5.68. The van der Waals surface area contributed by atoms with E-state index in [2.05, 4.69) is 6.92 Å². The number of carbonyl (C=O) groups is 1. The van der Waals surface area contributed by atoms with Gasteiger partial charge < -0.3 is 14.4 Å². The molecule has 19 heavy (non-hydrogen) atoms. The highest BCUT2D eigenvalue weighted by Crippen LogP contribution is 2.26. The zero-order valence-corrected chi connectivity index (χ0v) is 12.9. The lowest BCUT2D eigenvalue weighted by Crippen LogP contribution is -2.51. The smallest absolute Gasteiger partial charge is 0.410 e. The SMILES string of the molecule is C/C=C/COC1(C)CCCN(C(=O)OC(C)(C)C)C1. The number of rotatable bonds is 3. The van der Waals surface area contributed by atoms with Crippen molar-refractivity contribution in [1.82, 2.24) is 4.90 Å². The summed E-state index contributed by atoms with van der Waals surface area (Å²) in [5.41, 5.74) is -0.717. The number of piperidine rings is 1. The molecule has 0 aromatic heterocycles. The summed E-state index contributed by atoms with van der Waals surface area (Å²) in [6, 6.07) is 0. The Morgan fingerprint density at radius 1 is 1.42 bits per heavy atom. The highest BCUT2D eigenvalue weighted by atomic mass is 16.6. The Labute approximate surface area is 116 Å². The molecule has 4 nitrogen and oxygen atoms in total. The van der Waals surface area contributed by atoms with Gasteiger partial charge in [-0.25, -0.2) is 4.79 Å². The van der Waals surface area contributed by atoms with Crippen molar-refractivity contribution in [3.05, 3.63) is 12.2 Å². The number of nitrogens with zero attached hydrogens (tertiary/aromatic N) is 1. The van der Waals surface area contributed by atoms with Gasteiger partial charge in [-0.3, -0.25) is 0 Å². The second-order valence-electron chi connectivity index (χ2n) is 6.34. The normalized spacial score (nSPS) is 24.8.